The van der Waals surface area contributed by atoms with Crippen molar-refractivity contribution >= 4 is 47.2 Å². The van der Waals surface area contributed by atoms with E-state index in [2.05, 4.69) is 26.2 Å². The van der Waals surface area contributed by atoms with Crippen LogP contribution >= 0.6 is 11.6 Å². The number of ether oxygens (including phenoxy) is 1. The summed E-state index contributed by atoms with van der Waals surface area (Å²) in [6, 6.07) is 12.6. The van der Waals surface area contributed by atoms with E-state index in [0.29, 0.717) is 16.3 Å². The summed E-state index contributed by atoms with van der Waals surface area (Å²) >= 11 is 6.04. The molecule has 0 spiro atoms. The standard InChI is InChI=1S/C20H18ClN5O4/c1-30-19(29)13-7-3-5-9-15(13)23-17(27)10-16-18(28)25-20(24-16)26-22-11-12-6-2-4-8-14(12)21/h2-9,11,16H,10H2,1H3,(H,23,27)(H2,24,25,26,28)/b22-11-/t16-/m0/s1. The Bertz CT molecular complexity index is 1040. The molecule has 0 saturated heterocycles. The number of nitrogens with one attached hydrogen (secondary N) is 3. The molecule has 2 aromatic carbocycles. The lowest BCUT2D eigenvalue weighted by atomic mass is 10.1. The number of guanidine groups is 1. The minimum Gasteiger partial charge on any atom is -0.465 e. The number of hydrazone groups is 1. The minimum atomic E-state index is -0.923. The molecule has 0 aromatic heterocycles. The van der Waals surface area contributed by atoms with Crippen LogP contribution in [0.5, 0.6) is 0 Å². The van der Waals surface area contributed by atoms with Gasteiger partial charge in [0.15, 0.2) is 0 Å². The minimum absolute atomic E-state index is 0.121. The zero-order valence-electron chi connectivity index (χ0n) is 15.9. The third-order valence-electron chi connectivity index (χ3n) is 4.09. The monoisotopic (exact) mass is 427 g/mol. The Balaban J connectivity index is 1.60. The van der Waals surface area contributed by atoms with Gasteiger partial charge in [-0.2, -0.15) is 5.10 Å². The van der Waals surface area contributed by atoms with Gasteiger partial charge in [-0.15, -0.1) is 0 Å². The van der Waals surface area contributed by atoms with E-state index in [-0.39, 0.29) is 17.9 Å². The maximum Gasteiger partial charge on any atom is 0.339 e. The number of anilines is 1. The number of carbonyl (C=O) groups excluding carboxylic acids is 3. The smallest absolute Gasteiger partial charge is 0.339 e. The van der Waals surface area contributed by atoms with Crippen molar-refractivity contribution in [1.82, 2.24) is 10.7 Å². The van der Waals surface area contributed by atoms with Crippen molar-refractivity contribution in [2.24, 2.45) is 10.1 Å². The SMILES string of the molecule is COC(=O)c1ccccc1NC(=O)C[C@@H]1N=C(N/N=C\c2ccccc2Cl)NC1=O. The Morgan fingerprint density at radius 3 is 2.73 bits per heavy atom. The third kappa shape index (κ3) is 5.21. The van der Waals surface area contributed by atoms with E-state index in [1.807, 2.05) is 6.07 Å². The van der Waals surface area contributed by atoms with Crippen LogP contribution in [0.25, 0.3) is 0 Å². The number of para-hydroxylation sites is 1. The Hall–Kier alpha value is -3.72. The molecule has 0 bridgehead atoms. The van der Waals surface area contributed by atoms with Gasteiger partial charge < -0.3 is 10.1 Å². The average Bonchev–Trinajstić information content (AvgIpc) is 3.08. The summed E-state index contributed by atoms with van der Waals surface area (Å²) < 4.78 is 4.69. The maximum atomic E-state index is 12.3. The number of esters is 1. The Kier molecular flexibility index (Phi) is 6.76. The van der Waals surface area contributed by atoms with Gasteiger partial charge in [0.1, 0.15) is 6.04 Å². The molecule has 3 N–H and O–H groups in total. The predicted molar refractivity (Wildman–Crippen MR) is 113 cm³/mol. The van der Waals surface area contributed by atoms with E-state index in [4.69, 9.17) is 16.3 Å². The number of aliphatic imine (C=N–C) groups is 1. The van der Waals surface area contributed by atoms with Gasteiger partial charge in [0.05, 0.1) is 31.0 Å². The molecule has 0 fully saturated rings. The molecule has 0 aliphatic carbocycles. The predicted octanol–water partition coefficient (Wildman–Crippen LogP) is 1.93. The van der Waals surface area contributed by atoms with E-state index < -0.39 is 23.8 Å². The highest BCUT2D eigenvalue weighted by molar-refractivity contribution is 6.33. The Labute approximate surface area is 177 Å². The van der Waals surface area contributed by atoms with E-state index in [1.165, 1.54) is 19.4 Å². The van der Waals surface area contributed by atoms with Gasteiger partial charge in [0, 0.05) is 10.6 Å². The molecule has 0 saturated carbocycles. The highest BCUT2D eigenvalue weighted by Crippen LogP contribution is 2.17. The summed E-state index contributed by atoms with van der Waals surface area (Å²) in [6.07, 6.45) is 1.28. The zero-order chi connectivity index (χ0) is 21.5. The molecule has 0 unspecified atom stereocenters. The second kappa shape index (κ2) is 9.66. The zero-order valence-corrected chi connectivity index (χ0v) is 16.6. The van der Waals surface area contributed by atoms with Crippen LogP contribution < -0.4 is 16.1 Å². The van der Waals surface area contributed by atoms with Gasteiger partial charge in [-0.25, -0.2) is 15.2 Å². The van der Waals surface area contributed by atoms with Crippen LogP contribution in [0.2, 0.25) is 5.02 Å². The molecule has 9 nitrogen and oxygen atoms in total. The lowest BCUT2D eigenvalue weighted by Crippen LogP contribution is -2.35. The first-order valence-corrected chi connectivity index (χ1v) is 9.25. The van der Waals surface area contributed by atoms with Crippen LogP contribution in [0.3, 0.4) is 0 Å². The van der Waals surface area contributed by atoms with Crippen LogP contribution in [0.15, 0.2) is 58.6 Å². The van der Waals surface area contributed by atoms with Crippen molar-refractivity contribution in [3.8, 4) is 0 Å². The second-order valence-electron chi connectivity index (χ2n) is 6.16. The van der Waals surface area contributed by atoms with Gasteiger partial charge in [-0.1, -0.05) is 41.9 Å². The second-order valence-corrected chi connectivity index (χ2v) is 6.57. The number of amides is 2. The molecule has 0 radical (unpaired) electrons. The summed E-state index contributed by atoms with van der Waals surface area (Å²) in [4.78, 5) is 40.3. The molecular formula is C20H18ClN5O4. The van der Waals surface area contributed by atoms with Gasteiger partial charge >= 0.3 is 5.97 Å². The molecule has 10 heteroatoms. The first-order chi connectivity index (χ1) is 14.5. The molecule has 1 aliphatic heterocycles. The molecule has 2 aromatic rings. The van der Waals surface area contributed by atoms with Crippen molar-refractivity contribution < 1.29 is 19.1 Å². The van der Waals surface area contributed by atoms with Crippen LogP contribution in [0, 0.1) is 0 Å². The fourth-order valence-electron chi connectivity index (χ4n) is 2.64. The van der Waals surface area contributed by atoms with Gasteiger partial charge in [-0.05, 0) is 18.2 Å². The first-order valence-electron chi connectivity index (χ1n) is 8.87. The van der Waals surface area contributed by atoms with E-state index >= 15 is 0 Å². The lowest BCUT2D eigenvalue weighted by Gasteiger charge is -2.10. The van der Waals surface area contributed by atoms with Crippen LogP contribution in [0.1, 0.15) is 22.3 Å². The number of hydrogen-bond acceptors (Lipinski definition) is 7. The molecule has 2 amide bonds. The first kappa shape index (κ1) is 21.0. The molecular weight excluding hydrogens is 410 g/mol. The number of halogens is 1. The fourth-order valence-corrected chi connectivity index (χ4v) is 2.83. The average molecular weight is 428 g/mol. The van der Waals surface area contributed by atoms with Gasteiger partial charge in [0.25, 0.3) is 5.91 Å². The normalized spacial score (nSPS) is 15.5. The number of benzene rings is 2. The molecule has 1 aliphatic rings. The fraction of sp³-hybridized carbons (Fsp3) is 0.150. The molecule has 3 rings (SSSR count). The van der Waals surface area contributed by atoms with Crippen molar-refractivity contribution in [3.05, 3.63) is 64.7 Å². The molecule has 30 heavy (non-hydrogen) atoms. The Morgan fingerprint density at radius 2 is 1.97 bits per heavy atom. The van der Waals surface area contributed by atoms with E-state index in [1.54, 1.807) is 36.4 Å². The lowest BCUT2D eigenvalue weighted by molar-refractivity contribution is -0.123. The van der Waals surface area contributed by atoms with E-state index in [0.717, 1.165) is 0 Å². The molecule has 154 valence electrons. The van der Waals surface area contributed by atoms with Crippen LogP contribution in [0.4, 0.5) is 5.69 Å². The van der Waals surface area contributed by atoms with Crippen molar-refractivity contribution in [2.45, 2.75) is 12.5 Å². The third-order valence-corrected chi connectivity index (χ3v) is 4.44. The highest BCUT2D eigenvalue weighted by atomic mass is 35.5. The van der Waals surface area contributed by atoms with Crippen molar-refractivity contribution in [2.75, 3.05) is 12.4 Å². The van der Waals surface area contributed by atoms with Gasteiger partial charge in [0.2, 0.25) is 11.9 Å². The summed E-state index contributed by atoms with van der Waals surface area (Å²) in [5.74, 6) is -1.38. The summed E-state index contributed by atoms with van der Waals surface area (Å²) in [6.45, 7) is 0. The number of rotatable bonds is 6. The Morgan fingerprint density at radius 1 is 1.23 bits per heavy atom. The number of carbonyl (C=O) groups is 3. The summed E-state index contributed by atoms with van der Waals surface area (Å²) in [7, 11) is 1.25. The number of nitrogens with zero attached hydrogens (tertiary/aromatic N) is 2. The number of hydrogen-bond donors (Lipinski definition) is 3. The largest absolute Gasteiger partial charge is 0.465 e. The van der Waals surface area contributed by atoms with Crippen LogP contribution in [-0.2, 0) is 14.3 Å². The summed E-state index contributed by atoms with van der Waals surface area (Å²) in [5, 5.41) is 9.63. The van der Waals surface area contributed by atoms with E-state index in [9.17, 15) is 14.4 Å². The van der Waals surface area contributed by atoms with Crippen LogP contribution in [-0.4, -0.2) is 43.1 Å². The quantitative estimate of drug-likeness (QED) is 0.369. The topological polar surface area (TPSA) is 121 Å². The van der Waals surface area contributed by atoms with Crippen molar-refractivity contribution in [1.29, 1.82) is 0 Å². The molecule has 1 heterocycles. The van der Waals surface area contributed by atoms with Crippen molar-refractivity contribution in [3.63, 3.8) is 0 Å². The number of methoxy groups -OCH3 is 1. The maximum absolute atomic E-state index is 12.3. The molecule has 1 atom stereocenters. The van der Waals surface area contributed by atoms with Gasteiger partial charge in [-0.3, -0.25) is 14.9 Å². The highest BCUT2D eigenvalue weighted by Gasteiger charge is 2.29. The summed E-state index contributed by atoms with van der Waals surface area (Å²) in [5.41, 5.74) is 3.80.